The summed E-state index contributed by atoms with van der Waals surface area (Å²) in [6.45, 7) is -0.931. The molecule has 0 unspecified atom stereocenters. The maximum absolute atomic E-state index is 15.4. The topological polar surface area (TPSA) is 99.7 Å². The van der Waals surface area contributed by atoms with Crippen molar-refractivity contribution in [2.75, 3.05) is 6.26 Å². The molecule has 3 aliphatic rings. The number of benzene rings is 2. The number of Topliss-reactive ketones (excluding diaryl/α,β-unsaturated/α-hetero) is 1. The largest absolute Gasteiger partial charge is 0.435 e. The van der Waals surface area contributed by atoms with E-state index in [1.165, 1.54) is 4.68 Å². The summed E-state index contributed by atoms with van der Waals surface area (Å²) in [6, 6.07) is 9.38. The Kier molecular flexibility index (Phi) is 10.0. The van der Waals surface area contributed by atoms with Gasteiger partial charge in [0.15, 0.2) is 21.3 Å². The number of hydrogen-bond acceptors (Lipinski definition) is 6. The average Bonchev–Trinajstić information content (AvgIpc) is 3.35. The van der Waals surface area contributed by atoms with Crippen molar-refractivity contribution in [1.29, 1.82) is 0 Å². The number of pyridine rings is 1. The molecule has 8 rings (SSSR count). The van der Waals surface area contributed by atoms with Gasteiger partial charge in [-0.25, -0.2) is 22.2 Å². The van der Waals surface area contributed by atoms with Crippen LogP contribution in [0, 0.1) is 35.3 Å². The molecular weight excluding hydrogens is 811 g/mol. The SMILES string of the molecule is Cn1nc(CS(C)(=O)=O)c2c(Cl)ccc(-c3ccc(C#CC4CCCC4)nc3[C@@H](CC(=O)Cn3nc(C(F)(F)F)c4c3C(F)(F)[C@@H]3C[C@H]43)Cc3cc(F)cc(F)c3)c21. The van der Waals surface area contributed by atoms with Crippen LogP contribution in [0.3, 0.4) is 0 Å². The van der Waals surface area contributed by atoms with Crippen molar-refractivity contribution in [3.8, 4) is 23.0 Å². The standard InChI is InChI=1S/C41H35ClF7N5O3S/c1-53-37-29(11-12-32(42)35(37)33(51-53)20-58(2,56)57)28-10-9-26(8-7-21-5-3-4-6-21)50-36(28)23(13-22-14-24(43)17-25(44)15-22)16-27(55)19-54-39-34(38(52-54)41(47,48)49)30-18-31(30)40(39,45)46/h9-12,14-15,17,21,23,30-31H,3-6,13,16,18-20H2,1-2H3/t23-,30+,31-/m1/s1. The van der Waals surface area contributed by atoms with Gasteiger partial charge in [0.05, 0.1) is 27.7 Å². The zero-order valence-corrected chi connectivity index (χ0v) is 32.7. The molecule has 304 valence electrons. The van der Waals surface area contributed by atoms with Crippen LogP contribution in [0.1, 0.15) is 90.0 Å². The van der Waals surface area contributed by atoms with Gasteiger partial charge in [-0.3, -0.25) is 14.2 Å². The Morgan fingerprint density at radius 1 is 1.03 bits per heavy atom. The minimum atomic E-state index is -5.04. The minimum Gasteiger partial charge on any atom is -0.298 e. The zero-order chi connectivity index (χ0) is 41.5. The van der Waals surface area contributed by atoms with E-state index in [2.05, 4.69) is 22.0 Å². The van der Waals surface area contributed by atoms with Crippen molar-refractivity contribution in [3.63, 3.8) is 0 Å². The van der Waals surface area contributed by atoms with Gasteiger partial charge in [-0.2, -0.15) is 32.1 Å². The average molecular weight is 846 g/mol. The fraction of sp³-hybridized carbons (Fsp3) is 0.415. The number of ketones is 1. The molecule has 0 bridgehead atoms. The molecule has 8 nitrogen and oxygen atoms in total. The third-order valence-electron chi connectivity index (χ3n) is 11.2. The van der Waals surface area contributed by atoms with E-state index in [9.17, 15) is 35.2 Å². The molecule has 3 heterocycles. The van der Waals surface area contributed by atoms with Crippen LogP contribution >= 0.6 is 11.6 Å². The molecule has 58 heavy (non-hydrogen) atoms. The monoisotopic (exact) mass is 845 g/mol. The van der Waals surface area contributed by atoms with Gasteiger partial charge < -0.3 is 0 Å². The van der Waals surface area contributed by atoms with E-state index in [0.29, 0.717) is 38.5 Å². The van der Waals surface area contributed by atoms with E-state index in [1.807, 2.05) is 0 Å². The molecule has 5 aromatic rings. The van der Waals surface area contributed by atoms with Crippen molar-refractivity contribution in [3.05, 3.63) is 98.7 Å². The Bertz CT molecular complexity index is 2650. The van der Waals surface area contributed by atoms with Crippen molar-refractivity contribution in [1.82, 2.24) is 24.5 Å². The first kappa shape index (κ1) is 40.0. The molecule has 2 saturated carbocycles. The Morgan fingerprint density at radius 2 is 1.72 bits per heavy atom. The van der Waals surface area contributed by atoms with Crippen molar-refractivity contribution in [2.45, 2.75) is 81.2 Å². The van der Waals surface area contributed by atoms with Crippen molar-refractivity contribution < 1.29 is 43.9 Å². The first-order valence-electron chi connectivity index (χ1n) is 18.7. The number of carbonyl (C=O) groups is 1. The van der Waals surface area contributed by atoms with Gasteiger partial charge in [-0.1, -0.05) is 36.4 Å². The number of carbonyl (C=O) groups excluding carboxylic acids is 1. The van der Waals surface area contributed by atoms with Crippen LogP contribution in [-0.2, 0) is 52.5 Å². The van der Waals surface area contributed by atoms with E-state index in [4.69, 9.17) is 16.6 Å². The Labute approximate surface area is 333 Å². The molecule has 3 aromatic heterocycles. The number of sulfone groups is 1. The second-order valence-electron chi connectivity index (χ2n) is 15.6. The summed E-state index contributed by atoms with van der Waals surface area (Å²) in [5.41, 5.74) is -0.884. The predicted octanol–water partition coefficient (Wildman–Crippen LogP) is 9.06. The summed E-state index contributed by atoms with van der Waals surface area (Å²) in [5, 5.41) is 8.53. The summed E-state index contributed by atoms with van der Waals surface area (Å²) in [4.78, 5) is 19.0. The number of halogens is 8. The quantitative estimate of drug-likeness (QED) is 0.103. The number of alkyl halides is 5. The molecular formula is C41H35ClF7N5O3S. The lowest BCUT2D eigenvalue weighted by molar-refractivity contribution is -0.142. The highest BCUT2D eigenvalue weighted by atomic mass is 35.5. The number of aromatic nitrogens is 5. The van der Waals surface area contributed by atoms with Crippen LogP contribution in [-0.4, -0.2) is 45.0 Å². The van der Waals surface area contributed by atoms with Gasteiger partial charge in [-0.15, -0.1) is 0 Å². The van der Waals surface area contributed by atoms with Gasteiger partial charge in [0.25, 0.3) is 5.92 Å². The summed E-state index contributed by atoms with van der Waals surface area (Å²) in [5.74, 6) is -3.52. The van der Waals surface area contributed by atoms with E-state index in [-0.39, 0.29) is 40.7 Å². The first-order valence-corrected chi connectivity index (χ1v) is 21.1. The fourth-order valence-corrected chi connectivity index (χ4v) is 9.69. The Balaban J connectivity index is 1.27. The molecule has 0 spiro atoms. The van der Waals surface area contributed by atoms with Gasteiger partial charge in [0, 0.05) is 65.6 Å². The molecule has 0 N–H and O–H groups in total. The van der Waals surface area contributed by atoms with E-state index < -0.39 is 92.8 Å². The number of rotatable bonds is 10. The highest BCUT2D eigenvalue weighted by Gasteiger charge is 2.68. The van der Waals surface area contributed by atoms with Gasteiger partial charge >= 0.3 is 6.18 Å². The van der Waals surface area contributed by atoms with Crippen LogP contribution in [0.25, 0.3) is 22.0 Å². The molecule has 0 saturated heterocycles. The van der Waals surface area contributed by atoms with Crippen LogP contribution in [0.5, 0.6) is 0 Å². The normalized spacial score (nSPS) is 19.2. The Hall–Kier alpha value is -4.75. The summed E-state index contributed by atoms with van der Waals surface area (Å²) >= 11 is 6.65. The minimum absolute atomic E-state index is 0.117. The summed E-state index contributed by atoms with van der Waals surface area (Å²) in [6.07, 6.45) is -0.956. The van der Waals surface area contributed by atoms with E-state index in [0.717, 1.165) is 44.1 Å². The highest BCUT2D eigenvalue weighted by molar-refractivity contribution is 7.89. The highest BCUT2D eigenvalue weighted by Crippen LogP contribution is 2.68. The van der Waals surface area contributed by atoms with Gasteiger partial charge in [0.2, 0.25) is 0 Å². The van der Waals surface area contributed by atoms with Gasteiger partial charge in [-0.05, 0) is 73.4 Å². The Morgan fingerprint density at radius 3 is 2.40 bits per heavy atom. The molecule has 0 amide bonds. The van der Waals surface area contributed by atoms with E-state index in [1.54, 1.807) is 31.3 Å². The van der Waals surface area contributed by atoms with Gasteiger partial charge in [0.1, 0.15) is 29.6 Å². The van der Waals surface area contributed by atoms with Crippen LogP contribution in [0.4, 0.5) is 30.7 Å². The fourth-order valence-electron chi connectivity index (χ4n) is 8.73. The summed E-state index contributed by atoms with van der Waals surface area (Å²) < 4.78 is 129. The number of aryl methyl sites for hydroxylation is 1. The summed E-state index contributed by atoms with van der Waals surface area (Å²) in [7, 11) is -1.97. The number of hydrogen-bond donors (Lipinski definition) is 0. The van der Waals surface area contributed by atoms with E-state index >= 15 is 8.78 Å². The molecule has 3 aliphatic carbocycles. The van der Waals surface area contributed by atoms with Crippen molar-refractivity contribution >= 4 is 38.1 Å². The maximum atomic E-state index is 15.4. The lowest BCUT2D eigenvalue weighted by atomic mass is 9.86. The smallest absolute Gasteiger partial charge is 0.298 e. The lowest BCUT2D eigenvalue weighted by Gasteiger charge is -2.21. The number of nitrogens with zero attached hydrogens (tertiary/aromatic N) is 5. The zero-order valence-electron chi connectivity index (χ0n) is 31.1. The molecule has 3 atom stereocenters. The maximum Gasteiger partial charge on any atom is 0.435 e. The molecule has 2 fully saturated rings. The predicted molar refractivity (Wildman–Crippen MR) is 201 cm³/mol. The molecule has 0 aliphatic heterocycles. The lowest BCUT2D eigenvalue weighted by Crippen LogP contribution is -2.24. The second kappa shape index (κ2) is 14.5. The second-order valence-corrected chi connectivity index (χ2v) is 18.1. The first-order chi connectivity index (χ1) is 27.3. The third kappa shape index (κ3) is 7.63. The third-order valence-corrected chi connectivity index (χ3v) is 12.3. The van der Waals surface area contributed by atoms with Crippen LogP contribution in [0.2, 0.25) is 5.02 Å². The number of fused-ring (bicyclic) bond motifs is 4. The molecule has 2 aromatic carbocycles. The molecule has 17 heteroatoms. The van der Waals surface area contributed by atoms with Crippen LogP contribution < -0.4 is 0 Å². The van der Waals surface area contributed by atoms with Crippen LogP contribution in [0.15, 0.2) is 42.5 Å². The molecule has 0 radical (unpaired) electrons. The van der Waals surface area contributed by atoms with Crippen molar-refractivity contribution in [2.24, 2.45) is 18.9 Å².